The molecule has 0 spiro atoms. The van der Waals surface area contributed by atoms with Crippen molar-refractivity contribution in [2.24, 2.45) is 22.7 Å². The normalized spacial score (nSPS) is 25.1. The van der Waals surface area contributed by atoms with Crippen molar-refractivity contribution in [3.63, 3.8) is 0 Å². The van der Waals surface area contributed by atoms with Crippen LogP contribution in [-0.2, 0) is 29.2 Å². The van der Waals surface area contributed by atoms with Gasteiger partial charge >= 0.3 is 0 Å². The first-order valence-electron chi connectivity index (χ1n) is 15.7. The summed E-state index contributed by atoms with van der Waals surface area (Å²) in [7, 11) is -2.24. The number of aromatic nitrogens is 1. The number of hydrogen-bond acceptors (Lipinski definition) is 9. The minimum absolute atomic E-state index is 0.0158. The van der Waals surface area contributed by atoms with E-state index >= 15 is 0 Å². The number of nitrogens with zero attached hydrogens (tertiary/aromatic N) is 2. The van der Waals surface area contributed by atoms with Crippen LogP contribution in [0.2, 0.25) is 0 Å². The summed E-state index contributed by atoms with van der Waals surface area (Å²) >= 11 is 0. The standard InChI is InChI=1S/C34H43N3O8S/c1-7-22-17-34(22,32(41)36-46(42,43)25-9-10-25)18-29(39)28-16-24(19-37(28)31(40)27(14-20(2)38)33(3,4)5)45-30-26-11-8-23(44-6)15-21(26)12-13-35-30/h7-8,11-13,15,22,24-25,27-28H,1,9-10,14,16-19H2,2-6H3,(H,36,41)/t22-,24-,27-,28+,34-/m1/s1. The average Bonchev–Trinajstić information content (AvgIpc) is 3.91. The number of benzene rings is 1. The highest BCUT2D eigenvalue weighted by atomic mass is 32.2. The number of rotatable bonds is 13. The Morgan fingerprint density at radius 3 is 2.50 bits per heavy atom. The molecule has 1 saturated heterocycles. The van der Waals surface area contributed by atoms with Crippen LogP contribution < -0.4 is 14.2 Å². The number of allylic oxidation sites excluding steroid dienone is 1. The van der Waals surface area contributed by atoms with Gasteiger partial charge in [0.05, 0.1) is 30.4 Å². The molecule has 0 unspecified atom stereocenters. The summed E-state index contributed by atoms with van der Waals surface area (Å²) in [4.78, 5) is 59.9. The van der Waals surface area contributed by atoms with Crippen LogP contribution in [0.25, 0.3) is 10.8 Å². The van der Waals surface area contributed by atoms with Crippen molar-refractivity contribution in [1.29, 1.82) is 0 Å². The number of pyridine rings is 1. The van der Waals surface area contributed by atoms with E-state index in [9.17, 15) is 27.6 Å². The largest absolute Gasteiger partial charge is 0.497 e. The molecule has 2 aliphatic carbocycles. The number of likely N-dealkylation sites (tertiary alicyclic amines) is 1. The van der Waals surface area contributed by atoms with Crippen molar-refractivity contribution in [2.45, 2.75) is 83.6 Å². The summed E-state index contributed by atoms with van der Waals surface area (Å²) in [6.07, 6.45) is 3.76. The Balaban J connectivity index is 1.43. The molecular weight excluding hydrogens is 610 g/mol. The predicted octanol–water partition coefficient (Wildman–Crippen LogP) is 3.99. The van der Waals surface area contributed by atoms with E-state index in [4.69, 9.17) is 9.47 Å². The van der Waals surface area contributed by atoms with Gasteiger partial charge in [0.2, 0.25) is 27.7 Å². The minimum Gasteiger partial charge on any atom is -0.497 e. The first-order chi connectivity index (χ1) is 21.6. The van der Waals surface area contributed by atoms with E-state index in [1.54, 1.807) is 25.4 Å². The fourth-order valence-corrected chi connectivity index (χ4v) is 7.88. The van der Waals surface area contributed by atoms with E-state index in [1.807, 2.05) is 39.0 Å². The number of carbonyl (C=O) groups excluding carboxylic acids is 4. The van der Waals surface area contributed by atoms with Crippen molar-refractivity contribution >= 4 is 44.2 Å². The average molecular weight is 654 g/mol. The number of sulfonamides is 1. The van der Waals surface area contributed by atoms with Gasteiger partial charge in [-0.05, 0) is 67.2 Å². The van der Waals surface area contributed by atoms with Gasteiger partial charge in [-0.25, -0.2) is 13.4 Å². The number of Topliss-reactive ketones (excluding diaryl/α,β-unsaturated/α-hetero) is 2. The molecule has 3 fully saturated rings. The number of carbonyl (C=O) groups is 4. The highest BCUT2D eigenvalue weighted by Gasteiger charge is 2.61. The number of methoxy groups -OCH3 is 1. The predicted molar refractivity (Wildman–Crippen MR) is 172 cm³/mol. The number of amides is 2. The molecule has 0 radical (unpaired) electrons. The minimum atomic E-state index is -3.82. The Morgan fingerprint density at radius 2 is 1.91 bits per heavy atom. The SMILES string of the molecule is C=C[C@@H]1C[C@]1(CC(=O)[C@@H]1C[C@@H](Oc2nccc3cc(OC)ccc23)CN1C(=O)[C@@H](CC(C)=O)C(C)(C)C)C(=O)NS(=O)(=O)C1CC1. The third kappa shape index (κ3) is 6.82. The molecule has 5 atom stereocenters. The van der Waals surface area contributed by atoms with Gasteiger partial charge in [0.15, 0.2) is 5.78 Å². The van der Waals surface area contributed by atoms with Crippen molar-refractivity contribution < 1.29 is 37.1 Å². The van der Waals surface area contributed by atoms with Gasteiger partial charge in [-0.1, -0.05) is 26.8 Å². The zero-order valence-corrected chi connectivity index (χ0v) is 27.9. The summed E-state index contributed by atoms with van der Waals surface area (Å²) in [5.74, 6) is -1.60. The van der Waals surface area contributed by atoms with E-state index in [0.29, 0.717) is 24.5 Å². The zero-order valence-electron chi connectivity index (χ0n) is 27.1. The fourth-order valence-electron chi connectivity index (χ4n) is 6.50. The van der Waals surface area contributed by atoms with Gasteiger partial charge in [0, 0.05) is 36.8 Å². The number of ketones is 2. The zero-order chi connectivity index (χ0) is 33.6. The molecule has 2 aromatic rings. The lowest BCUT2D eigenvalue weighted by Gasteiger charge is -2.34. The van der Waals surface area contributed by atoms with Gasteiger partial charge in [-0.2, -0.15) is 0 Å². The van der Waals surface area contributed by atoms with Crippen LogP contribution in [0.5, 0.6) is 11.6 Å². The Kier molecular flexibility index (Phi) is 9.07. The van der Waals surface area contributed by atoms with Crippen molar-refractivity contribution in [3.8, 4) is 11.6 Å². The van der Waals surface area contributed by atoms with Crippen molar-refractivity contribution in [2.75, 3.05) is 13.7 Å². The van der Waals surface area contributed by atoms with E-state index in [2.05, 4.69) is 16.3 Å². The number of ether oxygens (including phenoxy) is 2. The highest BCUT2D eigenvalue weighted by Crippen LogP contribution is 2.57. The molecule has 2 heterocycles. The molecule has 0 bridgehead atoms. The first kappa shape index (κ1) is 33.6. The fraction of sp³-hybridized carbons (Fsp3) is 0.559. The van der Waals surface area contributed by atoms with E-state index in [-0.39, 0.29) is 55.6 Å². The summed E-state index contributed by atoms with van der Waals surface area (Å²) < 4.78 is 39.1. The summed E-state index contributed by atoms with van der Waals surface area (Å²) in [5, 5.41) is 0.986. The number of hydrogen-bond donors (Lipinski definition) is 1. The maximum atomic E-state index is 14.2. The van der Waals surface area contributed by atoms with Gasteiger partial charge in [-0.15, -0.1) is 6.58 Å². The Morgan fingerprint density at radius 1 is 1.20 bits per heavy atom. The molecule has 5 rings (SSSR count). The van der Waals surface area contributed by atoms with Crippen molar-refractivity contribution in [1.82, 2.24) is 14.6 Å². The Bertz CT molecular complexity index is 1680. The van der Waals surface area contributed by atoms with Crippen molar-refractivity contribution in [3.05, 3.63) is 43.1 Å². The molecule has 248 valence electrons. The maximum Gasteiger partial charge on any atom is 0.240 e. The maximum absolute atomic E-state index is 14.2. The van der Waals surface area contributed by atoms with Gasteiger partial charge in [-0.3, -0.25) is 19.1 Å². The topological polar surface area (TPSA) is 149 Å². The molecule has 46 heavy (non-hydrogen) atoms. The molecule has 1 aromatic heterocycles. The van der Waals surface area contributed by atoms with E-state index < -0.39 is 50.1 Å². The number of nitrogens with one attached hydrogen (secondary N) is 1. The third-order valence-corrected chi connectivity index (χ3v) is 11.3. The van der Waals surface area contributed by atoms with Crippen LogP contribution in [0.4, 0.5) is 0 Å². The monoisotopic (exact) mass is 653 g/mol. The third-order valence-electron chi connectivity index (χ3n) is 9.52. The van der Waals surface area contributed by atoms with E-state index in [1.165, 1.54) is 11.8 Å². The second-order valence-electron chi connectivity index (χ2n) is 14.0. The van der Waals surface area contributed by atoms with Crippen LogP contribution in [-0.4, -0.2) is 72.7 Å². The number of fused-ring (bicyclic) bond motifs is 1. The molecule has 1 N–H and O–H groups in total. The van der Waals surface area contributed by atoms with Crippen LogP contribution in [0, 0.1) is 22.7 Å². The van der Waals surface area contributed by atoms with Gasteiger partial charge < -0.3 is 19.2 Å². The second-order valence-corrected chi connectivity index (χ2v) is 16.0. The van der Waals surface area contributed by atoms with Gasteiger partial charge in [0.1, 0.15) is 17.6 Å². The lowest BCUT2D eigenvalue weighted by atomic mass is 9.77. The Hall–Kier alpha value is -3.80. The molecule has 2 amide bonds. The van der Waals surface area contributed by atoms with Crippen LogP contribution >= 0.6 is 0 Å². The summed E-state index contributed by atoms with van der Waals surface area (Å²) in [6.45, 7) is 11.0. The lowest BCUT2D eigenvalue weighted by Crippen LogP contribution is -2.48. The molecule has 3 aliphatic rings. The quantitative estimate of drug-likeness (QED) is 0.317. The molecule has 2 saturated carbocycles. The van der Waals surface area contributed by atoms with E-state index in [0.717, 1.165) is 10.8 Å². The van der Waals surface area contributed by atoms with Crippen LogP contribution in [0.3, 0.4) is 0 Å². The molecule has 11 nitrogen and oxygen atoms in total. The lowest BCUT2D eigenvalue weighted by molar-refractivity contribution is -0.146. The van der Waals surface area contributed by atoms with Crippen LogP contribution in [0.15, 0.2) is 43.1 Å². The molecule has 1 aliphatic heterocycles. The second kappa shape index (κ2) is 12.4. The summed E-state index contributed by atoms with van der Waals surface area (Å²) in [6, 6.07) is 6.37. The molecule has 1 aromatic carbocycles. The summed E-state index contributed by atoms with van der Waals surface area (Å²) in [5.41, 5.74) is -1.83. The highest BCUT2D eigenvalue weighted by molar-refractivity contribution is 7.90. The molecular formula is C34H43N3O8S. The molecule has 12 heteroatoms. The van der Waals surface area contributed by atoms with Gasteiger partial charge in [0.25, 0.3) is 0 Å². The smallest absolute Gasteiger partial charge is 0.240 e. The first-order valence-corrected chi connectivity index (χ1v) is 17.2. The van der Waals surface area contributed by atoms with Crippen LogP contribution in [0.1, 0.15) is 66.2 Å². The Labute approximate surface area is 270 Å².